The summed E-state index contributed by atoms with van der Waals surface area (Å²) in [6.07, 6.45) is -2.17. The lowest BCUT2D eigenvalue weighted by atomic mass is 10.1. The number of aryl methyl sites for hydroxylation is 1. The molecule has 0 radical (unpaired) electrons. The highest BCUT2D eigenvalue weighted by atomic mass is 35.5. The smallest absolute Gasteiger partial charge is 0.349 e. The van der Waals surface area contributed by atoms with Gasteiger partial charge in [0, 0.05) is 18.0 Å². The Kier molecular flexibility index (Phi) is 7.54. The first-order chi connectivity index (χ1) is 13.5. The number of thioether (sulfide) groups is 1. The number of amides is 2. The normalized spacial score (nSPS) is 12.4. The summed E-state index contributed by atoms with van der Waals surface area (Å²) < 4.78 is 38.3. The van der Waals surface area contributed by atoms with Crippen LogP contribution in [0.15, 0.2) is 30.5 Å². The zero-order chi connectivity index (χ0) is 21.8. The zero-order valence-corrected chi connectivity index (χ0v) is 17.4. The van der Waals surface area contributed by atoms with Crippen molar-refractivity contribution < 1.29 is 22.8 Å². The van der Waals surface area contributed by atoms with Crippen LogP contribution in [0.25, 0.3) is 0 Å². The Morgan fingerprint density at radius 1 is 1.28 bits per heavy atom. The van der Waals surface area contributed by atoms with Crippen LogP contribution < -0.4 is 10.6 Å². The molecule has 0 bridgehead atoms. The Morgan fingerprint density at radius 3 is 2.55 bits per heavy atom. The first kappa shape index (κ1) is 23.0. The molecular formula is C19H19ClF3N3O2S. The second-order valence-electron chi connectivity index (χ2n) is 6.33. The van der Waals surface area contributed by atoms with E-state index in [9.17, 15) is 22.8 Å². The van der Waals surface area contributed by atoms with Gasteiger partial charge in [-0.3, -0.25) is 9.59 Å². The largest absolute Gasteiger partial charge is 0.417 e. The number of benzene rings is 1. The highest BCUT2D eigenvalue weighted by molar-refractivity contribution is 7.98. The minimum absolute atomic E-state index is 0.0902. The fourth-order valence-corrected chi connectivity index (χ4v) is 3.38. The number of hydrogen-bond acceptors (Lipinski definition) is 4. The van der Waals surface area contributed by atoms with Crippen molar-refractivity contribution in [2.24, 2.45) is 0 Å². The van der Waals surface area contributed by atoms with Gasteiger partial charge in [0.1, 0.15) is 5.69 Å². The molecular weight excluding hydrogens is 427 g/mol. The number of aromatic nitrogens is 1. The molecule has 1 aromatic carbocycles. The topological polar surface area (TPSA) is 71.1 Å². The number of pyridine rings is 1. The molecule has 0 saturated carbocycles. The Labute approximate surface area is 175 Å². The summed E-state index contributed by atoms with van der Waals surface area (Å²) in [7, 11) is 0. The minimum Gasteiger partial charge on any atom is -0.349 e. The quantitative estimate of drug-likeness (QED) is 0.670. The van der Waals surface area contributed by atoms with Crippen LogP contribution in [0.5, 0.6) is 0 Å². The van der Waals surface area contributed by atoms with Crippen LogP contribution in [0.2, 0.25) is 5.02 Å². The first-order valence-electron chi connectivity index (χ1n) is 8.48. The summed E-state index contributed by atoms with van der Waals surface area (Å²) in [4.78, 5) is 28.7. The highest BCUT2D eigenvalue weighted by Gasteiger charge is 2.32. The third kappa shape index (κ3) is 5.86. The summed E-state index contributed by atoms with van der Waals surface area (Å²) in [6.45, 7) is 3.55. The van der Waals surface area contributed by atoms with E-state index < -0.39 is 22.7 Å². The standard InChI is InChI=1S/C19H19ClF3N3O2S/c1-10-5-4-6-13(17(27)25-11(2)9-29-3)15(10)26-18(28)16-14(20)7-12(8-24-16)19(21,22)23/h4-8,11H,9H2,1-3H3,(H,25,27)(H,26,28)/t11-/m1/s1. The van der Waals surface area contributed by atoms with E-state index in [0.29, 0.717) is 23.6 Å². The lowest BCUT2D eigenvalue weighted by Crippen LogP contribution is -2.35. The molecule has 0 spiro atoms. The third-order valence-corrected chi connectivity index (χ3v) is 5.06. The Morgan fingerprint density at radius 2 is 1.97 bits per heavy atom. The number of anilines is 1. The SMILES string of the molecule is CSC[C@@H](C)NC(=O)c1cccc(C)c1NC(=O)c1ncc(C(F)(F)F)cc1Cl. The van der Waals surface area contributed by atoms with Crippen LogP contribution >= 0.6 is 23.4 Å². The van der Waals surface area contributed by atoms with Gasteiger partial charge < -0.3 is 10.6 Å². The number of nitrogens with zero attached hydrogens (tertiary/aromatic N) is 1. The Balaban J connectivity index is 2.30. The predicted molar refractivity (Wildman–Crippen MR) is 109 cm³/mol. The van der Waals surface area contributed by atoms with Crippen molar-refractivity contribution in [1.29, 1.82) is 0 Å². The van der Waals surface area contributed by atoms with Crippen molar-refractivity contribution in [3.05, 3.63) is 57.9 Å². The average Bonchev–Trinajstić information content (AvgIpc) is 2.62. The molecule has 0 aliphatic rings. The van der Waals surface area contributed by atoms with Gasteiger partial charge in [0.05, 0.1) is 21.8 Å². The van der Waals surface area contributed by atoms with Gasteiger partial charge in [-0.1, -0.05) is 23.7 Å². The molecule has 2 amide bonds. The van der Waals surface area contributed by atoms with Gasteiger partial charge in [0.2, 0.25) is 0 Å². The summed E-state index contributed by atoms with van der Waals surface area (Å²) in [5, 5.41) is 4.94. The van der Waals surface area contributed by atoms with Crippen molar-refractivity contribution in [3.8, 4) is 0 Å². The molecule has 29 heavy (non-hydrogen) atoms. The molecule has 0 aliphatic heterocycles. The summed E-state index contributed by atoms with van der Waals surface area (Å²) in [6, 6.07) is 5.46. The van der Waals surface area contributed by atoms with Gasteiger partial charge in [0.25, 0.3) is 11.8 Å². The Hall–Kier alpha value is -2.26. The molecule has 2 rings (SSSR count). The van der Waals surface area contributed by atoms with Crippen LogP contribution in [-0.4, -0.2) is 34.8 Å². The fourth-order valence-electron chi connectivity index (χ4n) is 2.55. The molecule has 10 heteroatoms. The monoisotopic (exact) mass is 445 g/mol. The van der Waals surface area contributed by atoms with E-state index in [-0.39, 0.29) is 28.9 Å². The van der Waals surface area contributed by atoms with Gasteiger partial charge in [-0.05, 0) is 37.8 Å². The van der Waals surface area contributed by atoms with Crippen LogP contribution in [0.1, 0.15) is 38.9 Å². The van der Waals surface area contributed by atoms with E-state index in [0.717, 1.165) is 0 Å². The maximum absolute atomic E-state index is 12.8. The van der Waals surface area contributed by atoms with E-state index in [2.05, 4.69) is 15.6 Å². The number of rotatable bonds is 6. The highest BCUT2D eigenvalue weighted by Crippen LogP contribution is 2.31. The number of alkyl halides is 3. The molecule has 2 N–H and O–H groups in total. The fraction of sp³-hybridized carbons (Fsp3) is 0.316. The number of nitrogens with one attached hydrogen (secondary N) is 2. The van der Waals surface area contributed by atoms with Crippen LogP contribution in [0, 0.1) is 6.92 Å². The second-order valence-corrected chi connectivity index (χ2v) is 7.65. The third-order valence-electron chi connectivity index (χ3n) is 3.93. The van der Waals surface area contributed by atoms with E-state index in [1.807, 2.05) is 13.2 Å². The molecule has 0 fully saturated rings. The number of carbonyl (C=O) groups is 2. The summed E-state index contributed by atoms with van der Waals surface area (Å²) in [5.41, 5.74) is -0.354. The summed E-state index contributed by atoms with van der Waals surface area (Å²) >= 11 is 7.42. The number of halogens is 4. The van der Waals surface area contributed by atoms with Gasteiger partial charge >= 0.3 is 6.18 Å². The zero-order valence-electron chi connectivity index (χ0n) is 15.9. The lowest BCUT2D eigenvalue weighted by molar-refractivity contribution is -0.137. The molecule has 0 saturated heterocycles. The van der Waals surface area contributed by atoms with E-state index in [1.165, 1.54) is 0 Å². The maximum Gasteiger partial charge on any atom is 0.417 e. The van der Waals surface area contributed by atoms with Crippen LogP contribution in [0.4, 0.5) is 18.9 Å². The maximum atomic E-state index is 12.8. The van der Waals surface area contributed by atoms with Gasteiger partial charge in [0.15, 0.2) is 0 Å². The van der Waals surface area contributed by atoms with Gasteiger partial charge in [-0.2, -0.15) is 24.9 Å². The Bertz CT molecular complexity index is 922. The average molecular weight is 446 g/mol. The first-order valence-corrected chi connectivity index (χ1v) is 10.2. The van der Waals surface area contributed by atoms with Gasteiger partial charge in [-0.15, -0.1) is 0 Å². The number of para-hydroxylation sites is 1. The van der Waals surface area contributed by atoms with Gasteiger partial charge in [-0.25, -0.2) is 4.98 Å². The molecule has 2 aromatic rings. The molecule has 1 heterocycles. The molecule has 0 unspecified atom stereocenters. The van der Waals surface area contributed by atoms with Crippen molar-refractivity contribution in [3.63, 3.8) is 0 Å². The second kappa shape index (κ2) is 9.49. The van der Waals surface area contributed by atoms with Crippen LogP contribution in [0.3, 0.4) is 0 Å². The molecule has 0 aliphatic carbocycles. The van der Waals surface area contributed by atoms with Crippen molar-refractivity contribution in [2.75, 3.05) is 17.3 Å². The molecule has 156 valence electrons. The molecule has 1 atom stereocenters. The molecule has 1 aromatic heterocycles. The van der Waals surface area contributed by atoms with Crippen molar-refractivity contribution in [2.45, 2.75) is 26.1 Å². The van der Waals surface area contributed by atoms with E-state index >= 15 is 0 Å². The van der Waals surface area contributed by atoms with Crippen molar-refractivity contribution in [1.82, 2.24) is 10.3 Å². The lowest BCUT2D eigenvalue weighted by Gasteiger charge is -2.17. The number of hydrogen-bond donors (Lipinski definition) is 2. The number of carbonyl (C=O) groups excluding carboxylic acids is 2. The molecule has 5 nitrogen and oxygen atoms in total. The van der Waals surface area contributed by atoms with Crippen molar-refractivity contribution >= 4 is 40.9 Å². The minimum atomic E-state index is -4.62. The van der Waals surface area contributed by atoms with E-state index in [1.54, 1.807) is 36.9 Å². The summed E-state index contributed by atoms with van der Waals surface area (Å²) in [5.74, 6) is -0.481. The van der Waals surface area contributed by atoms with E-state index in [4.69, 9.17) is 11.6 Å². The van der Waals surface area contributed by atoms with Crippen LogP contribution in [-0.2, 0) is 6.18 Å². The predicted octanol–water partition coefficient (Wildman–Crippen LogP) is 4.80.